The average Bonchev–Trinajstić information content (AvgIpc) is 3.54. The lowest BCUT2D eigenvalue weighted by Crippen LogP contribution is -2.30. The first kappa shape index (κ1) is 27.0. The molecule has 3 heterocycles. The van der Waals surface area contributed by atoms with Crippen LogP contribution in [-0.4, -0.2) is 35.0 Å². The number of hydrogen-bond acceptors (Lipinski definition) is 4. The van der Waals surface area contributed by atoms with Gasteiger partial charge in [0.2, 0.25) is 0 Å². The van der Waals surface area contributed by atoms with E-state index >= 15 is 0 Å². The third kappa shape index (κ3) is 5.59. The van der Waals surface area contributed by atoms with Crippen LogP contribution in [0, 0.1) is 0 Å². The van der Waals surface area contributed by atoms with Gasteiger partial charge in [0.05, 0.1) is 28.9 Å². The van der Waals surface area contributed by atoms with Gasteiger partial charge in [0, 0.05) is 36.6 Å². The van der Waals surface area contributed by atoms with Gasteiger partial charge in [-0.05, 0) is 72.9 Å². The first-order valence-corrected chi connectivity index (χ1v) is 12.8. The van der Waals surface area contributed by atoms with Crippen molar-refractivity contribution in [2.24, 2.45) is 0 Å². The standard InChI is InChI=1S/C28H24ClF3N4O2S/c1-37-14-15-38-24-11-10-20(17-21(24)29)36-26(25(34-27(36)39)22-8-2-3-12-33-22)23-9-5-13-35(23)19-7-4-6-18(16-19)28(30,31)32/h2-13,16-17,25-26H,14-15H2,1H3,(H,34,39)/t25-,26-/m0/s1. The average molecular weight is 573 g/mol. The van der Waals surface area contributed by atoms with Gasteiger partial charge >= 0.3 is 6.18 Å². The van der Waals surface area contributed by atoms with Crippen LogP contribution in [0.25, 0.3) is 5.69 Å². The van der Waals surface area contributed by atoms with Crippen molar-refractivity contribution in [3.8, 4) is 11.4 Å². The Bertz CT molecular complexity index is 1460. The number of methoxy groups -OCH3 is 1. The van der Waals surface area contributed by atoms with E-state index in [-0.39, 0.29) is 0 Å². The fourth-order valence-corrected chi connectivity index (χ4v) is 5.20. The molecular weight excluding hydrogens is 549 g/mol. The van der Waals surface area contributed by atoms with E-state index in [1.807, 2.05) is 35.2 Å². The number of ether oxygens (including phenoxy) is 2. The van der Waals surface area contributed by atoms with Crippen molar-refractivity contribution in [2.45, 2.75) is 18.3 Å². The van der Waals surface area contributed by atoms with Crippen molar-refractivity contribution in [1.29, 1.82) is 0 Å². The highest BCUT2D eigenvalue weighted by Gasteiger charge is 2.42. The molecule has 39 heavy (non-hydrogen) atoms. The molecule has 1 saturated heterocycles. The van der Waals surface area contributed by atoms with Crippen LogP contribution in [0.3, 0.4) is 0 Å². The molecule has 1 aliphatic rings. The maximum atomic E-state index is 13.5. The molecule has 4 aromatic rings. The molecule has 0 aliphatic carbocycles. The van der Waals surface area contributed by atoms with Gasteiger partial charge in [-0.25, -0.2) is 0 Å². The minimum atomic E-state index is -4.47. The lowest BCUT2D eigenvalue weighted by molar-refractivity contribution is -0.137. The minimum Gasteiger partial charge on any atom is -0.490 e. The van der Waals surface area contributed by atoms with Gasteiger partial charge in [-0.2, -0.15) is 13.2 Å². The Balaban J connectivity index is 1.59. The number of rotatable bonds is 8. The number of nitrogens with one attached hydrogen (secondary N) is 1. The smallest absolute Gasteiger partial charge is 0.416 e. The van der Waals surface area contributed by atoms with Gasteiger partial charge in [0.1, 0.15) is 18.4 Å². The first-order valence-electron chi connectivity index (χ1n) is 12.0. The maximum Gasteiger partial charge on any atom is 0.416 e. The van der Waals surface area contributed by atoms with Crippen LogP contribution in [0.5, 0.6) is 5.75 Å². The molecule has 0 unspecified atom stereocenters. The van der Waals surface area contributed by atoms with Crippen molar-refractivity contribution >= 4 is 34.6 Å². The lowest BCUT2D eigenvalue weighted by Gasteiger charge is -2.29. The Labute approximate surface area is 233 Å². The fourth-order valence-electron chi connectivity index (χ4n) is 4.63. The summed E-state index contributed by atoms with van der Waals surface area (Å²) in [5.41, 5.74) is 1.79. The SMILES string of the molecule is COCCOc1ccc(N2C(=S)N[C@@H](c3ccccn3)[C@@H]2c2cccn2-c2cccc(C(F)(F)F)c2)cc1Cl. The van der Waals surface area contributed by atoms with Crippen molar-refractivity contribution in [3.63, 3.8) is 0 Å². The number of benzene rings is 2. The minimum absolute atomic E-state index is 0.341. The van der Waals surface area contributed by atoms with Gasteiger partial charge in [-0.1, -0.05) is 23.7 Å². The van der Waals surface area contributed by atoms with Gasteiger partial charge in [-0.15, -0.1) is 0 Å². The fraction of sp³-hybridized carbons (Fsp3) is 0.214. The highest BCUT2D eigenvalue weighted by Crippen LogP contribution is 2.44. The van der Waals surface area contributed by atoms with Gasteiger partial charge < -0.3 is 24.3 Å². The van der Waals surface area contributed by atoms with Crippen LogP contribution >= 0.6 is 23.8 Å². The molecule has 5 rings (SSSR count). The highest BCUT2D eigenvalue weighted by molar-refractivity contribution is 7.80. The Hall–Kier alpha value is -3.60. The van der Waals surface area contributed by atoms with E-state index in [0.29, 0.717) is 46.2 Å². The number of thiocarbonyl (C=S) groups is 1. The summed E-state index contributed by atoms with van der Waals surface area (Å²) in [7, 11) is 1.59. The van der Waals surface area contributed by atoms with Crippen molar-refractivity contribution in [3.05, 3.63) is 107 Å². The summed E-state index contributed by atoms with van der Waals surface area (Å²) < 4.78 is 53.0. The molecule has 2 aromatic heterocycles. The van der Waals surface area contributed by atoms with Crippen LogP contribution in [-0.2, 0) is 10.9 Å². The Morgan fingerprint density at radius 1 is 1.00 bits per heavy atom. The zero-order valence-corrected chi connectivity index (χ0v) is 22.3. The molecule has 1 aliphatic heterocycles. The second kappa shape index (κ2) is 11.3. The van der Waals surface area contributed by atoms with Gasteiger partial charge in [-0.3, -0.25) is 4.98 Å². The number of alkyl halides is 3. The number of anilines is 1. The molecule has 11 heteroatoms. The Morgan fingerprint density at radius 3 is 2.56 bits per heavy atom. The molecule has 1 fully saturated rings. The number of halogens is 4. The summed E-state index contributed by atoms with van der Waals surface area (Å²) in [6, 6.07) is 19.0. The topological polar surface area (TPSA) is 51.6 Å². The summed E-state index contributed by atoms with van der Waals surface area (Å²) in [4.78, 5) is 6.44. The zero-order valence-electron chi connectivity index (χ0n) is 20.7. The van der Waals surface area contributed by atoms with Crippen LogP contribution in [0.1, 0.15) is 29.0 Å². The number of hydrogen-bond donors (Lipinski definition) is 1. The molecule has 0 bridgehead atoms. The molecule has 6 nitrogen and oxygen atoms in total. The molecule has 0 saturated carbocycles. The van der Waals surface area contributed by atoms with Crippen LogP contribution < -0.4 is 15.0 Å². The van der Waals surface area contributed by atoms with E-state index in [4.69, 9.17) is 33.3 Å². The molecular formula is C28H24ClF3N4O2S. The second-order valence-electron chi connectivity index (χ2n) is 8.80. The number of nitrogens with zero attached hydrogens (tertiary/aromatic N) is 3. The predicted octanol–water partition coefficient (Wildman–Crippen LogP) is 6.75. The van der Waals surface area contributed by atoms with Gasteiger partial charge in [0.25, 0.3) is 0 Å². The zero-order chi connectivity index (χ0) is 27.6. The summed E-state index contributed by atoms with van der Waals surface area (Å²) in [6.45, 7) is 0.757. The summed E-state index contributed by atoms with van der Waals surface area (Å²) in [5.74, 6) is 0.501. The third-order valence-electron chi connectivity index (χ3n) is 6.37. The van der Waals surface area contributed by atoms with Crippen LogP contribution in [0.4, 0.5) is 18.9 Å². The van der Waals surface area contributed by atoms with E-state index in [2.05, 4.69) is 10.3 Å². The molecule has 0 spiro atoms. The monoisotopic (exact) mass is 572 g/mol. The van der Waals surface area contributed by atoms with Crippen molar-refractivity contribution in [1.82, 2.24) is 14.9 Å². The largest absolute Gasteiger partial charge is 0.490 e. The summed E-state index contributed by atoms with van der Waals surface area (Å²) in [6.07, 6.45) is -1.04. The number of pyridine rings is 1. The molecule has 1 N–H and O–H groups in total. The van der Waals surface area contributed by atoms with E-state index in [0.717, 1.165) is 17.8 Å². The number of aromatic nitrogens is 2. The second-order valence-corrected chi connectivity index (χ2v) is 9.60. The predicted molar refractivity (Wildman–Crippen MR) is 148 cm³/mol. The van der Waals surface area contributed by atoms with E-state index in [1.165, 1.54) is 6.07 Å². The summed E-state index contributed by atoms with van der Waals surface area (Å²) >= 11 is 12.3. The Morgan fingerprint density at radius 2 is 1.85 bits per heavy atom. The van der Waals surface area contributed by atoms with E-state index in [1.54, 1.807) is 48.3 Å². The summed E-state index contributed by atoms with van der Waals surface area (Å²) in [5, 5.41) is 4.17. The molecule has 202 valence electrons. The van der Waals surface area contributed by atoms with Crippen molar-refractivity contribution in [2.75, 3.05) is 25.2 Å². The molecule has 0 radical (unpaired) electrons. The van der Waals surface area contributed by atoms with Crippen LogP contribution in [0.2, 0.25) is 5.02 Å². The van der Waals surface area contributed by atoms with E-state index < -0.39 is 23.8 Å². The lowest BCUT2D eigenvalue weighted by atomic mass is 10.0. The Kier molecular flexibility index (Phi) is 7.79. The molecule has 0 amide bonds. The molecule has 2 aromatic carbocycles. The first-order chi connectivity index (χ1) is 18.8. The normalized spacial score (nSPS) is 17.4. The molecule has 2 atom stereocenters. The van der Waals surface area contributed by atoms with Gasteiger partial charge in [0.15, 0.2) is 5.11 Å². The van der Waals surface area contributed by atoms with E-state index in [9.17, 15) is 13.2 Å². The quantitative estimate of drug-likeness (QED) is 0.186. The third-order valence-corrected chi connectivity index (χ3v) is 6.98. The van der Waals surface area contributed by atoms with Crippen molar-refractivity contribution < 1.29 is 22.6 Å². The van der Waals surface area contributed by atoms with Crippen LogP contribution in [0.15, 0.2) is 85.2 Å². The maximum absolute atomic E-state index is 13.5. The highest BCUT2D eigenvalue weighted by atomic mass is 35.5.